The van der Waals surface area contributed by atoms with Crippen molar-refractivity contribution in [3.8, 4) is 0 Å². The zero-order valence-corrected chi connectivity index (χ0v) is 11.3. The van der Waals surface area contributed by atoms with Crippen LogP contribution in [0.15, 0.2) is 4.52 Å². The Morgan fingerprint density at radius 1 is 1.25 bits per heavy atom. The van der Waals surface area contributed by atoms with Crippen molar-refractivity contribution in [2.24, 2.45) is 5.41 Å². The number of aliphatic carboxylic acids is 1. The lowest BCUT2D eigenvalue weighted by molar-refractivity contribution is -0.143. The minimum absolute atomic E-state index is 0.169. The summed E-state index contributed by atoms with van der Waals surface area (Å²) in [7, 11) is 0. The molecule has 20 heavy (non-hydrogen) atoms. The maximum absolute atomic E-state index is 12.2. The highest BCUT2D eigenvalue weighted by molar-refractivity contribution is 5.94. The molecule has 1 amide bonds. The molecule has 1 aromatic rings. The predicted molar refractivity (Wildman–Crippen MR) is 69.4 cm³/mol. The van der Waals surface area contributed by atoms with Gasteiger partial charge in [0.05, 0.1) is 5.41 Å². The first-order valence-corrected chi connectivity index (χ1v) is 7.11. The van der Waals surface area contributed by atoms with Gasteiger partial charge in [0.1, 0.15) is 5.76 Å². The molecule has 2 N–H and O–H groups in total. The molecule has 0 saturated heterocycles. The van der Waals surface area contributed by atoms with Gasteiger partial charge in [0.15, 0.2) is 5.69 Å². The summed E-state index contributed by atoms with van der Waals surface area (Å²) in [5.41, 5.74) is 0.486. The maximum atomic E-state index is 12.2. The van der Waals surface area contributed by atoms with E-state index in [1.807, 2.05) is 0 Å². The number of nitrogens with zero attached hydrogens (tertiary/aromatic N) is 1. The second-order valence-electron chi connectivity index (χ2n) is 5.76. The van der Waals surface area contributed by atoms with Crippen molar-refractivity contribution in [2.45, 2.75) is 44.9 Å². The number of carbonyl (C=O) groups excluding carboxylic acids is 1. The second kappa shape index (κ2) is 4.92. The normalized spacial score (nSPS) is 19.8. The van der Waals surface area contributed by atoms with Crippen LogP contribution < -0.4 is 5.32 Å². The molecule has 1 heterocycles. The SMILES string of the molecule is O=C(NCC1(C(=O)O)CC1)c1noc2c1CCCCC2. The molecule has 2 aliphatic rings. The van der Waals surface area contributed by atoms with E-state index in [9.17, 15) is 9.59 Å². The first kappa shape index (κ1) is 13.1. The van der Waals surface area contributed by atoms with E-state index in [-0.39, 0.29) is 12.5 Å². The summed E-state index contributed by atoms with van der Waals surface area (Å²) in [5.74, 6) is -0.340. The van der Waals surface area contributed by atoms with Crippen LogP contribution in [-0.2, 0) is 17.6 Å². The lowest BCUT2D eigenvalue weighted by Crippen LogP contribution is -2.34. The highest BCUT2D eigenvalue weighted by Gasteiger charge is 2.50. The van der Waals surface area contributed by atoms with Crippen molar-refractivity contribution in [2.75, 3.05) is 6.54 Å². The van der Waals surface area contributed by atoms with Crippen molar-refractivity contribution < 1.29 is 19.2 Å². The van der Waals surface area contributed by atoms with E-state index in [2.05, 4.69) is 10.5 Å². The van der Waals surface area contributed by atoms with Gasteiger partial charge in [-0.25, -0.2) is 0 Å². The lowest BCUT2D eigenvalue weighted by atomic mass is 10.1. The Hall–Kier alpha value is -1.85. The van der Waals surface area contributed by atoms with Crippen LogP contribution in [0, 0.1) is 5.41 Å². The molecule has 0 unspecified atom stereocenters. The van der Waals surface area contributed by atoms with Crippen LogP contribution in [0.3, 0.4) is 0 Å². The van der Waals surface area contributed by atoms with Crippen molar-refractivity contribution >= 4 is 11.9 Å². The van der Waals surface area contributed by atoms with Crippen LogP contribution in [-0.4, -0.2) is 28.7 Å². The van der Waals surface area contributed by atoms with Crippen LogP contribution in [0.2, 0.25) is 0 Å². The van der Waals surface area contributed by atoms with Crippen molar-refractivity contribution in [1.82, 2.24) is 10.5 Å². The van der Waals surface area contributed by atoms with Crippen LogP contribution in [0.4, 0.5) is 0 Å². The summed E-state index contributed by atoms with van der Waals surface area (Å²) in [4.78, 5) is 23.2. The molecule has 1 fully saturated rings. The molecule has 2 aliphatic carbocycles. The zero-order valence-electron chi connectivity index (χ0n) is 11.3. The summed E-state index contributed by atoms with van der Waals surface area (Å²) < 4.78 is 5.26. The Labute approximate surface area is 116 Å². The van der Waals surface area contributed by atoms with Crippen molar-refractivity contribution in [3.63, 3.8) is 0 Å². The van der Waals surface area contributed by atoms with E-state index in [0.717, 1.165) is 43.4 Å². The molecule has 3 rings (SSSR count). The number of hydrogen-bond acceptors (Lipinski definition) is 4. The maximum Gasteiger partial charge on any atom is 0.311 e. The fourth-order valence-electron chi connectivity index (χ4n) is 2.69. The quantitative estimate of drug-likeness (QED) is 0.815. The Morgan fingerprint density at radius 3 is 2.70 bits per heavy atom. The topological polar surface area (TPSA) is 92.4 Å². The summed E-state index contributed by atoms with van der Waals surface area (Å²) in [5, 5.41) is 15.7. The predicted octanol–water partition coefficient (Wildman–Crippen LogP) is 1.54. The number of rotatable bonds is 4. The van der Waals surface area contributed by atoms with Gasteiger partial charge in [0.2, 0.25) is 0 Å². The first-order chi connectivity index (χ1) is 9.62. The summed E-state index contributed by atoms with van der Waals surface area (Å²) in [6.45, 7) is 0.169. The minimum atomic E-state index is -0.836. The van der Waals surface area contributed by atoms with Gasteiger partial charge in [-0.15, -0.1) is 0 Å². The Morgan fingerprint density at radius 2 is 2.00 bits per heavy atom. The highest BCUT2D eigenvalue weighted by atomic mass is 16.5. The van der Waals surface area contributed by atoms with Gasteiger partial charge in [-0.1, -0.05) is 11.6 Å². The average molecular weight is 278 g/mol. The number of nitrogens with one attached hydrogen (secondary N) is 1. The van der Waals surface area contributed by atoms with Crippen LogP contribution in [0.1, 0.15) is 53.9 Å². The third kappa shape index (κ3) is 2.30. The monoisotopic (exact) mass is 278 g/mol. The number of fused-ring (bicyclic) bond motifs is 1. The Balaban J connectivity index is 1.69. The highest BCUT2D eigenvalue weighted by Crippen LogP contribution is 2.45. The molecule has 6 heteroatoms. The van der Waals surface area contributed by atoms with E-state index < -0.39 is 11.4 Å². The van der Waals surface area contributed by atoms with Gasteiger partial charge < -0.3 is 14.9 Å². The van der Waals surface area contributed by atoms with Crippen LogP contribution in [0.5, 0.6) is 0 Å². The Kier molecular flexibility index (Phi) is 3.23. The van der Waals surface area contributed by atoms with E-state index in [4.69, 9.17) is 9.63 Å². The first-order valence-electron chi connectivity index (χ1n) is 7.11. The summed E-state index contributed by atoms with van der Waals surface area (Å²) in [6, 6.07) is 0. The fraction of sp³-hybridized carbons (Fsp3) is 0.643. The summed E-state index contributed by atoms with van der Waals surface area (Å²) in [6.07, 6.45) is 6.12. The van der Waals surface area contributed by atoms with Gasteiger partial charge in [-0.05, 0) is 32.1 Å². The lowest BCUT2D eigenvalue weighted by Gasteiger charge is -2.10. The number of carbonyl (C=O) groups is 2. The van der Waals surface area contributed by atoms with Gasteiger partial charge in [0.25, 0.3) is 5.91 Å². The van der Waals surface area contributed by atoms with Gasteiger partial charge in [-0.2, -0.15) is 0 Å². The molecule has 1 saturated carbocycles. The third-order valence-corrected chi connectivity index (χ3v) is 4.31. The van der Waals surface area contributed by atoms with E-state index in [0.29, 0.717) is 18.5 Å². The third-order valence-electron chi connectivity index (χ3n) is 4.31. The molecule has 0 aromatic carbocycles. The standard InChI is InChI=1S/C14H18N2O4/c17-12(15-8-14(6-7-14)13(18)19)11-9-4-2-1-3-5-10(9)20-16-11/h1-8H2,(H,15,17)(H,18,19). The van der Waals surface area contributed by atoms with Crippen LogP contribution in [0.25, 0.3) is 0 Å². The van der Waals surface area contributed by atoms with Gasteiger partial charge in [0, 0.05) is 18.5 Å². The molecule has 0 bridgehead atoms. The number of amides is 1. The van der Waals surface area contributed by atoms with E-state index >= 15 is 0 Å². The molecular weight excluding hydrogens is 260 g/mol. The molecule has 1 aromatic heterocycles. The zero-order chi connectivity index (χ0) is 14.2. The van der Waals surface area contributed by atoms with Gasteiger partial charge >= 0.3 is 5.97 Å². The van der Waals surface area contributed by atoms with Gasteiger partial charge in [-0.3, -0.25) is 9.59 Å². The van der Waals surface area contributed by atoms with Crippen LogP contribution >= 0.6 is 0 Å². The molecule has 108 valence electrons. The largest absolute Gasteiger partial charge is 0.481 e. The number of aryl methyl sites for hydroxylation is 1. The van der Waals surface area contributed by atoms with E-state index in [1.165, 1.54) is 0 Å². The Bertz CT molecular complexity index is 545. The number of aromatic nitrogens is 1. The fourth-order valence-corrected chi connectivity index (χ4v) is 2.69. The molecule has 0 atom stereocenters. The smallest absolute Gasteiger partial charge is 0.311 e. The minimum Gasteiger partial charge on any atom is -0.481 e. The second-order valence-corrected chi connectivity index (χ2v) is 5.76. The summed E-state index contributed by atoms with van der Waals surface area (Å²) >= 11 is 0. The number of carboxylic acids is 1. The molecule has 0 radical (unpaired) electrons. The number of carboxylic acid groups (broad SMARTS) is 1. The number of hydrogen-bond donors (Lipinski definition) is 2. The molecule has 0 spiro atoms. The molecular formula is C14H18N2O4. The molecule has 6 nitrogen and oxygen atoms in total. The molecule has 0 aliphatic heterocycles. The van der Waals surface area contributed by atoms with Crippen molar-refractivity contribution in [1.29, 1.82) is 0 Å². The average Bonchev–Trinajstić information content (AvgIpc) is 3.17. The van der Waals surface area contributed by atoms with E-state index in [1.54, 1.807) is 0 Å². The van der Waals surface area contributed by atoms with Crippen molar-refractivity contribution in [3.05, 3.63) is 17.0 Å².